The molecule has 104 valence electrons. The van der Waals surface area contributed by atoms with Gasteiger partial charge in [0.05, 0.1) is 0 Å². The van der Waals surface area contributed by atoms with Gasteiger partial charge < -0.3 is 10.6 Å². The Kier molecular flexibility index (Phi) is 4.59. The Bertz CT molecular complexity index is 462. The number of piperidine rings is 1. The number of aryl methyl sites for hydroxylation is 1. The number of carbonyl (C=O) groups excluding carboxylic acids is 1. The molecule has 0 bridgehead atoms. The lowest BCUT2D eigenvalue weighted by Gasteiger charge is -2.22. The van der Waals surface area contributed by atoms with Gasteiger partial charge in [-0.1, -0.05) is 6.07 Å². The molecule has 0 radical (unpaired) electrons. The molecule has 19 heavy (non-hydrogen) atoms. The van der Waals surface area contributed by atoms with E-state index in [-0.39, 0.29) is 5.91 Å². The molecule has 1 amide bonds. The van der Waals surface area contributed by atoms with Crippen molar-refractivity contribution in [3.05, 3.63) is 28.8 Å². The van der Waals surface area contributed by atoms with E-state index in [4.69, 9.17) is 0 Å². The minimum Gasteiger partial charge on any atom is -0.326 e. The van der Waals surface area contributed by atoms with Crippen molar-refractivity contribution in [3.8, 4) is 0 Å². The van der Waals surface area contributed by atoms with Gasteiger partial charge >= 0.3 is 0 Å². The van der Waals surface area contributed by atoms with Crippen LogP contribution in [0.15, 0.2) is 12.1 Å². The van der Waals surface area contributed by atoms with E-state index < -0.39 is 0 Å². The molecule has 0 saturated carbocycles. The molecule has 1 unspecified atom stereocenters. The predicted octanol–water partition coefficient (Wildman–Crippen LogP) is 2.94. The largest absolute Gasteiger partial charge is 0.326 e. The van der Waals surface area contributed by atoms with Crippen LogP contribution in [0.25, 0.3) is 0 Å². The number of rotatable bonds is 3. The quantitative estimate of drug-likeness (QED) is 0.877. The van der Waals surface area contributed by atoms with Gasteiger partial charge in [0.1, 0.15) is 0 Å². The number of hydrogen-bond donors (Lipinski definition) is 2. The number of hydrogen-bond acceptors (Lipinski definition) is 2. The van der Waals surface area contributed by atoms with Crippen LogP contribution in [0.2, 0.25) is 0 Å². The van der Waals surface area contributed by atoms with E-state index in [1.165, 1.54) is 23.1 Å². The highest BCUT2D eigenvalue weighted by Gasteiger charge is 2.17. The third-order valence-corrected chi connectivity index (χ3v) is 4.21. The summed E-state index contributed by atoms with van der Waals surface area (Å²) in [5, 5.41) is 6.41. The van der Waals surface area contributed by atoms with Crippen LogP contribution in [-0.2, 0) is 4.79 Å². The lowest BCUT2D eigenvalue weighted by atomic mass is 9.95. The molecule has 1 aliphatic rings. The second-order valence-corrected chi connectivity index (χ2v) is 5.64. The summed E-state index contributed by atoms with van der Waals surface area (Å²) in [5.41, 5.74) is 4.66. The van der Waals surface area contributed by atoms with Crippen LogP contribution in [0.3, 0.4) is 0 Å². The van der Waals surface area contributed by atoms with Gasteiger partial charge in [0, 0.05) is 12.1 Å². The van der Waals surface area contributed by atoms with Crippen molar-refractivity contribution >= 4 is 11.6 Å². The molecule has 2 rings (SSSR count). The van der Waals surface area contributed by atoms with Gasteiger partial charge in [0.25, 0.3) is 0 Å². The SMILES string of the molecule is Cc1ccc(NC(=O)CC2CCCNC2)c(C)c1C. The molecule has 1 aromatic carbocycles. The number of anilines is 1. The molecule has 1 aliphatic heterocycles. The highest BCUT2D eigenvalue weighted by Crippen LogP contribution is 2.22. The molecule has 1 atom stereocenters. The van der Waals surface area contributed by atoms with Gasteiger partial charge in [-0.15, -0.1) is 0 Å². The zero-order chi connectivity index (χ0) is 13.8. The average Bonchev–Trinajstić information content (AvgIpc) is 2.41. The fraction of sp³-hybridized carbons (Fsp3) is 0.562. The summed E-state index contributed by atoms with van der Waals surface area (Å²) in [6.45, 7) is 8.33. The van der Waals surface area contributed by atoms with Gasteiger partial charge in [-0.25, -0.2) is 0 Å². The van der Waals surface area contributed by atoms with Crippen LogP contribution in [0.1, 0.15) is 36.0 Å². The summed E-state index contributed by atoms with van der Waals surface area (Å²) in [6.07, 6.45) is 2.96. The van der Waals surface area contributed by atoms with Gasteiger partial charge in [0.15, 0.2) is 0 Å². The summed E-state index contributed by atoms with van der Waals surface area (Å²) in [7, 11) is 0. The molecule has 0 aliphatic carbocycles. The molecule has 3 heteroatoms. The van der Waals surface area contributed by atoms with E-state index >= 15 is 0 Å². The first-order chi connectivity index (χ1) is 9.08. The number of benzene rings is 1. The molecule has 1 heterocycles. The molecule has 2 N–H and O–H groups in total. The smallest absolute Gasteiger partial charge is 0.224 e. The maximum atomic E-state index is 12.1. The molecular formula is C16H24N2O. The lowest BCUT2D eigenvalue weighted by Crippen LogP contribution is -2.32. The van der Waals surface area contributed by atoms with E-state index in [9.17, 15) is 4.79 Å². The van der Waals surface area contributed by atoms with Crippen molar-refractivity contribution < 1.29 is 4.79 Å². The Morgan fingerprint density at radius 1 is 1.32 bits per heavy atom. The van der Waals surface area contributed by atoms with E-state index in [0.29, 0.717) is 12.3 Å². The number of amides is 1. The topological polar surface area (TPSA) is 41.1 Å². The third-order valence-electron chi connectivity index (χ3n) is 4.21. The molecule has 1 aromatic rings. The van der Waals surface area contributed by atoms with Crippen molar-refractivity contribution in [2.24, 2.45) is 5.92 Å². The predicted molar refractivity (Wildman–Crippen MR) is 79.5 cm³/mol. The van der Waals surface area contributed by atoms with Gasteiger partial charge in [-0.2, -0.15) is 0 Å². The standard InChI is InChI=1S/C16H24N2O/c1-11-6-7-15(13(3)12(11)2)18-16(19)9-14-5-4-8-17-10-14/h6-7,14,17H,4-5,8-10H2,1-3H3,(H,18,19). The maximum Gasteiger partial charge on any atom is 0.224 e. The van der Waals surface area contributed by atoms with Gasteiger partial charge in [-0.3, -0.25) is 4.79 Å². The number of carbonyl (C=O) groups is 1. The lowest BCUT2D eigenvalue weighted by molar-refractivity contribution is -0.117. The zero-order valence-corrected chi connectivity index (χ0v) is 12.2. The van der Waals surface area contributed by atoms with Crippen LogP contribution in [0, 0.1) is 26.7 Å². The Hall–Kier alpha value is -1.35. The van der Waals surface area contributed by atoms with Gasteiger partial charge in [0.2, 0.25) is 5.91 Å². The summed E-state index contributed by atoms with van der Waals surface area (Å²) in [5.74, 6) is 0.626. The first-order valence-corrected chi connectivity index (χ1v) is 7.15. The van der Waals surface area contributed by atoms with Crippen molar-refractivity contribution in [1.29, 1.82) is 0 Å². The minimum atomic E-state index is 0.139. The highest BCUT2D eigenvalue weighted by atomic mass is 16.1. The molecular weight excluding hydrogens is 236 g/mol. The van der Waals surface area contributed by atoms with E-state index in [1.807, 2.05) is 6.07 Å². The van der Waals surface area contributed by atoms with Crippen LogP contribution in [0.4, 0.5) is 5.69 Å². The van der Waals surface area contributed by atoms with Crippen molar-refractivity contribution in [2.75, 3.05) is 18.4 Å². The fourth-order valence-electron chi connectivity index (χ4n) is 2.65. The van der Waals surface area contributed by atoms with E-state index in [0.717, 1.165) is 25.2 Å². The summed E-state index contributed by atoms with van der Waals surface area (Å²) >= 11 is 0. The van der Waals surface area contributed by atoms with Gasteiger partial charge in [-0.05, 0) is 75.4 Å². The van der Waals surface area contributed by atoms with Crippen LogP contribution in [0.5, 0.6) is 0 Å². The van der Waals surface area contributed by atoms with Crippen LogP contribution >= 0.6 is 0 Å². The van der Waals surface area contributed by atoms with Crippen LogP contribution < -0.4 is 10.6 Å². The first-order valence-electron chi connectivity index (χ1n) is 7.15. The molecule has 0 spiro atoms. The number of nitrogens with one attached hydrogen (secondary N) is 2. The Balaban J connectivity index is 1.97. The third kappa shape index (κ3) is 3.57. The monoisotopic (exact) mass is 260 g/mol. The van der Waals surface area contributed by atoms with Crippen molar-refractivity contribution in [3.63, 3.8) is 0 Å². The Labute approximate surface area is 115 Å². The molecule has 0 aromatic heterocycles. The summed E-state index contributed by atoms with van der Waals surface area (Å²) in [4.78, 5) is 12.1. The molecule has 1 fully saturated rings. The second kappa shape index (κ2) is 6.20. The highest BCUT2D eigenvalue weighted by molar-refractivity contribution is 5.91. The average molecular weight is 260 g/mol. The van der Waals surface area contributed by atoms with Crippen molar-refractivity contribution in [1.82, 2.24) is 5.32 Å². The Morgan fingerprint density at radius 2 is 2.11 bits per heavy atom. The summed E-state index contributed by atoms with van der Waals surface area (Å²) < 4.78 is 0. The normalized spacial score (nSPS) is 19.2. The molecule has 3 nitrogen and oxygen atoms in total. The van der Waals surface area contributed by atoms with Crippen LogP contribution in [-0.4, -0.2) is 19.0 Å². The van der Waals surface area contributed by atoms with E-state index in [1.54, 1.807) is 0 Å². The fourth-order valence-corrected chi connectivity index (χ4v) is 2.65. The first kappa shape index (κ1) is 14.1. The molecule has 1 saturated heterocycles. The maximum absolute atomic E-state index is 12.1. The second-order valence-electron chi connectivity index (χ2n) is 5.64. The van der Waals surface area contributed by atoms with Crippen molar-refractivity contribution in [2.45, 2.75) is 40.0 Å². The van der Waals surface area contributed by atoms with E-state index in [2.05, 4.69) is 37.5 Å². The summed E-state index contributed by atoms with van der Waals surface area (Å²) in [6, 6.07) is 4.08. The Morgan fingerprint density at radius 3 is 2.79 bits per heavy atom. The minimum absolute atomic E-state index is 0.139. The zero-order valence-electron chi connectivity index (χ0n) is 12.2.